The summed E-state index contributed by atoms with van der Waals surface area (Å²) in [5.74, 6) is 0.545. The van der Waals surface area contributed by atoms with Crippen molar-refractivity contribution in [3.8, 4) is 0 Å². The fraction of sp³-hybridized carbons (Fsp3) is 0.682. The number of fused-ring (bicyclic) bond motifs is 2. The summed E-state index contributed by atoms with van der Waals surface area (Å²) < 4.78 is 0. The van der Waals surface area contributed by atoms with Crippen molar-refractivity contribution in [2.75, 3.05) is 26.2 Å². The zero-order chi connectivity index (χ0) is 18.3. The van der Waals surface area contributed by atoms with Gasteiger partial charge in [-0.15, -0.1) is 0 Å². The maximum Gasteiger partial charge on any atom is 0.225 e. The molecular weight excluding hydrogens is 324 g/mol. The molecule has 1 amide bonds. The molecule has 2 aliphatic heterocycles. The average molecular weight is 357 g/mol. The topological polar surface area (TPSA) is 43.8 Å². The molecule has 2 fully saturated rings. The molecule has 3 aliphatic rings. The van der Waals surface area contributed by atoms with Gasteiger partial charge in [-0.2, -0.15) is 0 Å². The van der Waals surface area contributed by atoms with Gasteiger partial charge in [-0.05, 0) is 70.2 Å². The maximum absolute atomic E-state index is 13.0. The van der Waals surface area contributed by atoms with Crippen LogP contribution in [0.1, 0.15) is 50.7 Å². The highest BCUT2D eigenvalue weighted by atomic mass is 16.3. The highest BCUT2D eigenvalue weighted by Crippen LogP contribution is 2.46. The summed E-state index contributed by atoms with van der Waals surface area (Å²) in [6.45, 7) is 8.12. The number of benzene rings is 1. The van der Waals surface area contributed by atoms with Gasteiger partial charge in [0.2, 0.25) is 5.91 Å². The van der Waals surface area contributed by atoms with E-state index >= 15 is 0 Å². The second kappa shape index (κ2) is 6.97. The Bertz CT molecular complexity index is 656. The van der Waals surface area contributed by atoms with Gasteiger partial charge in [-0.1, -0.05) is 24.3 Å². The first kappa shape index (κ1) is 18.0. The van der Waals surface area contributed by atoms with E-state index in [4.69, 9.17) is 0 Å². The number of piperidine rings is 2. The lowest BCUT2D eigenvalue weighted by Crippen LogP contribution is -2.51. The summed E-state index contributed by atoms with van der Waals surface area (Å²) in [6.07, 6.45) is 4.22. The number of likely N-dealkylation sites (tertiary alicyclic amines) is 2. The van der Waals surface area contributed by atoms with Crippen molar-refractivity contribution in [3.63, 3.8) is 0 Å². The van der Waals surface area contributed by atoms with Gasteiger partial charge in [0.1, 0.15) is 0 Å². The lowest BCUT2D eigenvalue weighted by atomic mass is 9.72. The zero-order valence-corrected chi connectivity index (χ0v) is 16.2. The molecule has 0 bridgehead atoms. The fourth-order valence-electron chi connectivity index (χ4n) is 5.42. The minimum Gasteiger partial charge on any atom is -0.392 e. The number of carbonyl (C=O) groups is 1. The Morgan fingerprint density at radius 1 is 1.12 bits per heavy atom. The van der Waals surface area contributed by atoms with Crippen LogP contribution in [0.4, 0.5) is 0 Å². The molecule has 1 aromatic rings. The van der Waals surface area contributed by atoms with Crippen LogP contribution in [0.5, 0.6) is 0 Å². The number of rotatable bonds is 2. The minimum absolute atomic E-state index is 0.131. The van der Waals surface area contributed by atoms with E-state index < -0.39 is 0 Å². The Kier molecular flexibility index (Phi) is 4.83. The van der Waals surface area contributed by atoms with E-state index in [1.54, 1.807) is 0 Å². The lowest BCUT2D eigenvalue weighted by Gasteiger charge is -2.44. The Morgan fingerprint density at radius 3 is 2.42 bits per heavy atom. The number of amides is 1. The van der Waals surface area contributed by atoms with E-state index in [9.17, 15) is 9.90 Å². The summed E-state index contributed by atoms with van der Waals surface area (Å²) in [7, 11) is 0. The molecule has 0 unspecified atom stereocenters. The largest absolute Gasteiger partial charge is 0.392 e. The standard InChI is InChI=1S/C22H32N2O2/c1-16(2)23-11-7-17(8-12-23)21(26)24-13-9-22(10-14-24)19-6-4-3-5-18(19)15-20(22)25/h3-6,16-17,20,25H,7-15H2,1-2H3/t20-/m1/s1. The molecule has 4 heteroatoms. The number of aliphatic hydroxyl groups excluding tert-OH is 1. The molecule has 0 saturated carbocycles. The number of hydrogen-bond acceptors (Lipinski definition) is 3. The zero-order valence-electron chi connectivity index (χ0n) is 16.2. The summed E-state index contributed by atoms with van der Waals surface area (Å²) >= 11 is 0. The highest BCUT2D eigenvalue weighted by Gasteiger charge is 2.48. The van der Waals surface area contributed by atoms with Crippen LogP contribution in [0.3, 0.4) is 0 Å². The van der Waals surface area contributed by atoms with Crippen molar-refractivity contribution < 1.29 is 9.90 Å². The molecular formula is C22H32N2O2. The van der Waals surface area contributed by atoms with Gasteiger partial charge in [-0.3, -0.25) is 4.79 Å². The van der Waals surface area contributed by atoms with Gasteiger partial charge in [0.25, 0.3) is 0 Å². The molecule has 0 aromatic heterocycles. The molecule has 1 atom stereocenters. The van der Waals surface area contributed by atoms with Crippen LogP contribution in [-0.4, -0.2) is 59.1 Å². The molecule has 0 radical (unpaired) electrons. The minimum atomic E-state index is -0.300. The predicted octanol–water partition coefficient (Wildman–Crippen LogP) is 2.58. The third-order valence-electron chi connectivity index (χ3n) is 7.18. The Hall–Kier alpha value is -1.39. The SMILES string of the molecule is CC(C)N1CCC(C(=O)N2CCC3(CC2)c2ccccc2C[C@H]3O)CC1. The monoisotopic (exact) mass is 356 g/mol. The van der Waals surface area contributed by atoms with Crippen LogP contribution in [0, 0.1) is 5.92 Å². The predicted molar refractivity (Wildman–Crippen MR) is 103 cm³/mol. The molecule has 4 rings (SSSR count). The third-order valence-corrected chi connectivity index (χ3v) is 7.18. The second-order valence-electron chi connectivity index (χ2n) is 8.76. The van der Waals surface area contributed by atoms with Crippen LogP contribution < -0.4 is 0 Å². The first-order valence-electron chi connectivity index (χ1n) is 10.3. The second-order valence-corrected chi connectivity index (χ2v) is 8.76. The average Bonchev–Trinajstić information content (AvgIpc) is 2.94. The molecule has 1 aromatic carbocycles. The van der Waals surface area contributed by atoms with Crippen molar-refractivity contribution in [2.24, 2.45) is 5.92 Å². The molecule has 2 heterocycles. The van der Waals surface area contributed by atoms with Crippen molar-refractivity contribution in [3.05, 3.63) is 35.4 Å². The first-order valence-corrected chi connectivity index (χ1v) is 10.3. The molecule has 142 valence electrons. The van der Waals surface area contributed by atoms with Gasteiger partial charge in [0.15, 0.2) is 0 Å². The van der Waals surface area contributed by atoms with Crippen molar-refractivity contribution in [2.45, 2.75) is 63.5 Å². The van der Waals surface area contributed by atoms with Crippen molar-refractivity contribution >= 4 is 5.91 Å². The lowest BCUT2D eigenvalue weighted by molar-refractivity contribution is -0.139. The number of carbonyl (C=O) groups excluding carboxylic acids is 1. The fourth-order valence-corrected chi connectivity index (χ4v) is 5.42. The number of aliphatic hydroxyl groups is 1. The molecule has 1 N–H and O–H groups in total. The van der Waals surface area contributed by atoms with Crippen LogP contribution in [-0.2, 0) is 16.6 Å². The van der Waals surface area contributed by atoms with E-state index in [0.29, 0.717) is 11.9 Å². The summed E-state index contributed by atoms with van der Waals surface area (Å²) in [5, 5.41) is 10.8. The van der Waals surface area contributed by atoms with Gasteiger partial charge >= 0.3 is 0 Å². The molecule has 1 spiro atoms. The Balaban J connectivity index is 1.39. The maximum atomic E-state index is 13.0. The smallest absolute Gasteiger partial charge is 0.225 e. The third kappa shape index (κ3) is 2.97. The van der Waals surface area contributed by atoms with E-state index in [1.807, 2.05) is 0 Å². The van der Waals surface area contributed by atoms with Gasteiger partial charge < -0.3 is 14.9 Å². The summed E-state index contributed by atoms with van der Waals surface area (Å²) in [4.78, 5) is 17.6. The number of hydrogen-bond donors (Lipinski definition) is 1. The molecule has 4 nitrogen and oxygen atoms in total. The van der Waals surface area contributed by atoms with Gasteiger partial charge in [0, 0.05) is 30.5 Å². The van der Waals surface area contributed by atoms with Crippen LogP contribution in [0.15, 0.2) is 24.3 Å². The van der Waals surface area contributed by atoms with E-state index in [1.165, 1.54) is 11.1 Å². The Labute approximate surface area is 157 Å². The van der Waals surface area contributed by atoms with Gasteiger partial charge in [0.05, 0.1) is 6.10 Å². The van der Waals surface area contributed by atoms with E-state index in [2.05, 4.69) is 47.9 Å². The van der Waals surface area contributed by atoms with Crippen molar-refractivity contribution in [1.82, 2.24) is 9.80 Å². The van der Waals surface area contributed by atoms with Crippen LogP contribution in [0.25, 0.3) is 0 Å². The molecule has 2 saturated heterocycles. The van der Waals surface area contributed by atoms with Crippen LogP contribution >= 0.6 is 0 Å². The van der Waals surface area contributed by atoms with Crippen molar-refractivity contribution in [1.29, 1.82) is 0 Å². The van der Waals surface area contributed by atoms with E-state index in [0.717, 1.165) is 58.3 Å². The highest BCUT2D eigenvalue weighted by molar-refractivity contribution is 5.79. The molecule has 1 aliphatic carbocycles. The van der Waals surface area contributed by atoms with Crippen LogP contribution in [0.2, 0.25) is 0 Å². The summed E-state index contributed by atoms with van der Waals surface area (Å²) in [5.41, 5.74) is 2.49. The summed E-state index contributed by atoms with van der Waals surface area (Å²) in [6, 6.07) is 9.05. The normalized spacial score (nSPS) is 26.5. The Morgan fingerprint density at radius 2 is 1.77 bits per heavy atom. The van der Waals surface area contributed by atoms with Gasteiger partial charge in [-0.25, -0.2) is 0 Å². The van der Waals surface area contributed by atoms with E-state index in [-0.39, 0.29) is 17.4 Å². The first-order chi connectivity index (χ1) is 12.5. The quantitative estimate of drug-likeness (QED) is 0.886. The number of nitrogens with zero attached hydrogens (tertiary/aromatic N) is 2. The molecule has 26 heavy (non-hydrogen) atoms.